The molecule has 8 nitrogen and oxygen atoms in total. The third-order valence-corrected chi connectivity index (χ3v) is 3.04. The summed E-state index contributed by atoms with van der Waals surface area (Å²) in [6.45, 7) is 0. The molecule has 1 aromatic rings. The second-order valence-electron chi connectivity index (χ2n) is 4.01. The molecule has 5 N–H and O–H groups in total. The van der Waals surface area contributed by atoms with Crippen molar-refractivity contribution >= 4 is 39.5 Å². The standard InChI is InChI=1S/C12H14BrN3O5/c1-21-9-3-2-6(4-7(9)13)15-12(20)16-8(11(18)19)5-10(14)17/h2-4,8H,5H2,1H3,(H2,14,17)(H,18,19)(H2,15,16,20)/t8-/m1/s1. The van der Waals surface area contributed by atoms with Gasteiger partial charge in [0.05, 0.1) is 18.0 Å². The molecule has 1 rings (SSSR count). The second-order valence-corrected chi connectivity index (χ2v) is 4.86. The van der Waals surface area contributed by atoms with Crippen LogP contribution in [0.5, 0.6) is 5.75 Å². The lowest BCUT2D eigenvalue weighted by Crippen LogP contribution is -2.45. The third kappa shape index (κ3) is 5.30. The number of carbonyl (C=O) groups excluding carboxylic acids is 2. The van der Waals surface area contributed by atoms with Crippen LogP contribution >= 0.6 is 15.9 Å². The molecule has 0 aromatic heterocycles. The summed E-state index contributed by atoms with van der Waals surface area (Å²) >= 11 is 3.25. The lowest BCUT2D eigenvalue weighted by molar-refractivity contribution is -0.140. The minimum absolute atomic E-state index is 0.420. The molecule has 0 aliphatic rings. The lowest BCUT2D eigenvalue weighted by atomic mass is 10.2. The monoisotopic (exact) mass is 359 g/mol. The van der Waals surface area contributed by atoms with Gasteiger partial charge in [0.1, 0.15) is 11.8 Å². The predicted octanol–water partition coefficient (Wildman–Crippen LogP) is 0.908. The number of anilines is 1. The number of nitrogens with one attached hydrogen (secondary N) is 2. The average Bonchev–Trinajstić information content (AvgIpc) is 2.37. The first-order valence-electron chi connectivity index (χ1n) is 5.75. The zero-order valence-corrected chi connectivity index (χ0v) is 12.6. The molecule has 0 heterocycles. The van der Waals surface area contributed by atoms with Crippen molar-refractivity contribution in [3.05, 3.63) is 22.7 Å². The maximum atomic E-state index is 11.7. The van der Waals surface area contributed by atoms with Crippen LogP contribution in [0.2, 0.25) is 0 Å². The Labute approximate surface area is 128 Å². The molecule has 0 aliphatic carbocycles. The van der Waals surface area contributed by atoms with Crippen LogP contribution in [0, 0.1) is 0 Å². The molecule has 1 aromatic carbocycles. The predicted molar refractivity (Wildman–Crippen MR) is 78.1 cm³/mol. The molecule has 3 amide bonds. The van der Waals surface area contributed by atoms with Crippen molar-refractivity contribution in [1.82, 2.24) is 5.32 Å². The Morgan fingerprint density at radius 1 is 1.43 bits per heavy atom. The zero-order valence-electron chi connectivity index (χ0n) is 11.1. The number of hydrogen-bond acceptors (Lipinski definition) is 4. The smallest absolute Gasteiger partial charge is 0.326 e. The van der Waals surface area contributed by atoms with Crippen molar-refractivity contribution in [2.45, 2.75) is 12.5 Å². The number of carbonyl (C=O) groups is 3. The summed E-state index contributed by atoms with van der Waals surface area (Å²) in [6.07, 6.45) is -0.491. The van der Waals surface area contributed by atoms with Gasteiger partial charge >= 0.3 is 12.0 Å². The van der Waals surface area contributed by atoms with Crippen molar-refractivity contribution < 1.29 is 24.2 Å². The molecular formula is C12H14BrN3O5. The Hall–Kier alpha value is -2.29. The van der Waals surface area contributed by atoms with Crippen LogP contribution in [-0.4, -0.2) is 36.2 Å². The number of benzene rings is 1. The number of halogens is 1. The largest absolute Gasteiger partial charge is 0.496 e. The number of carboxylic acid groups (broad SMARTS) is 1. The van der Waals surface area contributed by atoms with Gasteiger partial charge in [-0.3, -0.25) is 4.79 Å². The lowest BCUT2D eigenvalue weighted by Gasteiger charge is -2.14. The van der Waals surface area contributed by atoms with E-state index in [0.29, 0.717) is 15.9 Å². The van der Waals surface area contributed by atoms with Crippen LogP contribution < -0.4 is 21.1 Å². The van der Waals surface area contributed by atoms with E-state index in [-0.39, 0.29) is 0 Å². The van der Waals surface area contributed by atoms with Gasteiger partial charge in [0, 0.05) is 5.69 Å². The highest BCUT2D eigenvalue weighted by atomic mass is 79.9. The van der Waals surface area contributed by atoms with E-state index in [2.05, 4.69) is 26.6 Å². The normalized spacial score (nSPS) is 11.3. The highest BCUT2D eigenvalue weighted by Gasteiger charge is 2.22. The van der Waals surface area contributed by atoms with Crippen LogP contribution in [0.1, 0.15) is 6.42 Å². The van der Waals surface area contributed by atoms with E-state index in [0.717, 1.165) is 0 Å². The molecule has 1 atom stereocenters. The van der Waals surface area contributed by atoms with Gasteiger partial charge in [-0.15, -0.1) is 0 Å². The molecule has 114 valence electrons. The summed E-state index contributed by atoms with van der Waals surface area (Å²) in [5.41, 5.74) is 5.34. The summed E-state index contributed by atoms with van der Waals surface area (Å²) in [6, 6.07) is 2.64. The van der Waals surface area contributed by atoms with Gasteiger partial charge in [-0.25, -0.2) is 9.59 Å². The van der Waals surface area contributed by atoms with Crippen molar-refractivity contribution in [2.75, 3.05) is 12.4 Å². The fourth-order valence-corrected chi connectivity index (χ4v) is 2.01. The Morgan fingerprint density at radius 3 is 2.57 bits per heavy atom. The van der Waals surface area contributed by atoms with Crippen LogP contribution in [0.15, 0.2) is 22.7 Å². The Morgan fingerprint density at radius 2 is 2.10 bits per heavy atom. The van der Waals surface area contributed by atoms with Crippen molar-refractivity contribution in [2.24, 2.45) is 5.73 Å². The van der Waals surface area contributed by atoms with Gasteiger partial charge in [0.2, 0.25) is 5.91 Å². The molecule has 0 aliphatic heterocycles. The number of urea groups is 1. The second kappa shape index (κ2) is 7.48. The first-order valence-corrected chi connectivity index (χ1v) is 6.55. The Bertz CT molecular complexity index is 564. The number of methoxy groups -OCH3 is 1. The molecule has 0 fully saturated rings. The summed E-state index contributed by atoms with van der Waals surface area (Å²) < 4.78 is 5.66. The van der Waals surface area contributed by atoms with Crippen molar-refractivity contribution in [3.8, 4) is 5.75 Å². The molecule has 21 heavy (non-hydrogen) atoms. The third-order valence-electron chi connectivity index (χ3n) is 2.42. The number of hydrogen-bond donors (Lipinski definition) is 4. The zero-order chi connectivity index (χ0) is 16.0. The van der Waals surface area contributed by atoms with Gasteiger partial charge in [-0.2, -0.15) is 0 Å². The average molecular weight is 360 g/mol. The van der Waals surface area contributed by atoms with Crippen molar-refractivity contribution in [1.29, 1.82) is 0 Å². The SMILES string of the molecule is COc1ccc(NC(=O)N[C@H](CC(N)=O)C(=O)O)cc1Br. The quantitative estimate of drug-likeness (QED) is 0.599. The van der Waals surface area contributed by atoms with Crippen LogP contribution in [-0.2, 0) is 9.59 Å². The number of amides is 3. The summed E-state index contributed by atoms with van der Waals surface area (Å²) in [4.78, 5) is 33.3. The molecule has 0 saturated heterocycles. The fraction of sp³-hybridized carbons (Fsp3) is 0.250. The van der Waals surface area contributed by atoms with E-state index < -0.39 is 30.4 Å². The van der Waals surface area contributed by atoms with E-state index in [1.54, 1.807) is 18.2 Å². The molecule has 0 saturated carbocycles. The van der Waals surface area contributed by atoms with Crippen LogP contribution in [0.4, 0.5) is 10.5 Å². The number of rotatable bonds is 6. The molecular weight excluding hydrogens is 346 g/mol. The molecule has 0 spiro atoms. The summed E-state index contributed by atoms with van der Waals surface area (Å²) in [5, 5.41) is 13.5. The number of ether oxygens (including phenoxy) is 1. The van der Waals surface area contributed by atoms with Gasteiger partial charge in [-0.1, -0.05) is 0 Å². The van der Waals surface area contributed by atoms with Crippen LogP contribution in [0.25, 0.3) is 0 Å². The van der Waals surface area contributed by atoms with Gasteiger partial charge in [0.25, 0.3) is 0 Å². The number of carboxylic acids is 1. The number of aliphatic carboxylic acids is 1. The molecule has 0 unspecified atom stereocenters. The number of primary amides is 1. The first kappa shape index (κ1) is 16.8. The Kier molecular flexibility index (Phi) is 5.97. The van der Waals surface area contributed by atoms with E-state index >= 15 is 0 Å². The van der Waals surface area contributed by atoms with Gasteiger partial charge in [0.15, 0.2) is 0 Å². The maximum absolute atomic E-state index is 11.7. The Balaban J connectivity index is 2.69. The fourth-order valence-electron chi connectivity index (χ4n) is 1.47. The van der Waals surface area contributed by atoms with Gasteiger partial charge < -0.3 is 26.2 Å². The maximum Gasteiger partial charge on any atom is 0.326 e. The van der Waals surface area contributed by atoms with E-state index in [9.17, 15) is 14.4 Å². The van der Waals surface area contributed by atoms with E-state index in [1.165, 1.54) is 7.11 Å². The highest BCUT2D eigenvalue weighted by Crippen LogP contribution is 2.27. The summed E-state index contributed by atoms with van der Waals surface area (Å²) in [5.74, 6) is -1.59. The van der Waals surface area contributed by atoms with E-state index in [1.807, 2.05) is 0 Å². The highest BCUT2D eigenvalue weighted by molar-refractivity contribution is 9.10. The minimum atomic E-state index is -1.39. The topological polar surface area (TPSA) is 131 Å². The summed E-state index contributed by atoms with van der Waals surface area (Å²) in [7, 11) is 1.50. The number of nitrogens with two attached hydrogens (primary N) is 1. The minimum Gasteiger partial charge on any atom is -0.496 e. The van der Waals surface area contributed by atoms with Gasteiger partial charge in [-0.05, 0) is 34.1 Å². The molecule has 0 bridgehead atoms. The molecule has 9 heteroatoms. The van der Waals surface area contributed by atoms with E-state index in [4.69, 9.17) is 15.6 Å². The molecule has 0 radical (unpaired) electrons. The first-order chi connectivity index (χ1) is 9.83. The van der Waals surface area contributed by atoms with Crippen molar-refractivity contribution in [3.63, 3.8) is 0 Å². The van der Waals surface area contributed by atoms with Crippen LogP contribution in [0.3, 0.4) is 0 Å².